The Morgan fingerprint density at radius 2 is 1.70 bits per heavy atom. The van der Waals surface area contributed by atoms with Crippen molar-refractivity contribution in [2.24, 2.45) is 0 Å². The van der Waals surface area contributed by atoms with Gasteiger partial charge in [0.2, 0.25) is 5.95 Å². The maximum absolute atomic E-state index is 4.73. The van der Waals surface area contributed by atoms with E-state index in [1.54, 1.807) is 0 Å². The summed E-state index contributed by atoms with van der Waals surface area (Å²) in [6.45, 7) is 9.36. The van der Waals surface area contributed by atoms with E-state index in [0.717, 1.165) is 55.1 Å². The van der Waals surface area contributed by atoms with Crippen molar-refractivity contribution >= 4 is 22.7 Å². The van der Waals surface area contributed by atoms with Gasteiger partial charge in [-0.25, -0.2) is 4.98 Å². The second-order valence-corrected chi connectivity index (χ2v) is 4.91. The van der Waals surface area contributed by atoms with Crippen LogP contribution in [-0.2, 0) is 0 Å². The van der Waals surface area contributed by atoms with Crippen LogP contribution in [0.15, 0.2) is 24.3 Å². The molecule has 0 atom stereocenters. The number of fused-ring (bicyclic) bond motifs is 1. The van der Waals surface area contributed by atoms with Gasteiger partial charge in [-0.05, 0) is 31.9 Å². The Morgan fingerprint density at radius 3 is 2.35 bits per heavy atom. The van der Waals surface area contributed by atoms with E-state index >= 15 is 0 Å². The summed E-state index contributed by atoms with van der Waals surface area (Å²) in [6.07, 6.45) is 2.24. The molecule has 0 fully saturated rings. The lowest BCUT2D eigenvalue weighted by Crippen LogP contribution is -2.26. The van der Waals surface area contributed by atoms with Crippen LogP contribution in [0.25, 0.3) is 10.9 Å². The first-order chi connectivity index (χ1) is 9.80. The van der Waals surface area contributed by atoms with E-state index in [9.17, 15) is 0 Å². The molecule has 4 heteroatoms. The maximum atomic E-state index is 4.73. The van der Waals surface area contributed by atoms with Crippen LogP contribution in [0.4, 0.5) is 11.8 Å². The second-order valence-electron chi connectivity index (χ2n) is 4.91. The highest BCUT2D eigenvalue weighted by Gasteiger charge is 2.13. The van der Waals surface area contributed by atoms with Crippen molar-refractivity contribution in [2.45, 2.75) is 33.6 Å². The van der Waals surface area contributed by atoms with Gasteiger partial charge in [-0.15, -0.1) is 0 Å². The molecule has 0 saturated carbocycles. The van der Waals surface area contributed by atoms with Gasteiger partial charge in [-0.3, -0.25) is 0 Å². The molecule has 0 saturated heterocycles. The average molecular weight is 272 g/mol. The van der Waals surface area contributed by atoms with Crippen molar-refractivity contribution in [3.63, 3.8) is 0 Å². The minimum atomic E-state index is 0.721. The second kappa shape index (κ2) is 7.08. The maximum Gasteiger partial charge on any atom is 0.225 e. The van der Waals surface area contributed by atoms with Gasteiger partial charge in [0.05, 0.1) is 5.52 Å². The van der Waals surface area contributed by atoms with Crippen LogP contribution in [0.3, 0.4) is 0 Å². The minimum absolute atomic E-state index is 0.721. The molecule has 0 amide bonds. The van der Waals surface area contributed by atoms with E-state index < -0.39 is 0 Å². The monoisotopic (exact) mass is 272 g/mol. The number of nitrogens with one attached hydrogen (secondary N) is 1. The van der Waals surface area contributed by atoms with E-state index in [4.69, 9.17) is 4.98 Å². The van der Waals surface area contributed by atoms with Gasteiger partial charge in [0.1, 0.15) is 5.82 Å². The number of hydrogen-bond donors (Lipinski definition) is 1. The quantitative estimate of drug-likeness (QED) is 0.834. The van der Waals surface area contributed by atoms with Gasteiger partial charge in [0.25, 0.3) is 0 Å². The van der Waals surface area contributed by atoms with Crippen LogP contribution in [0.1, 0.15) is 33.6 Å². The normalized spacial score (nSPS) is 10.8. The summed E-state index contributed by atoms with van der Waals surface area (Å²) in [5, 5.41) is 4.37. The largest absolute Gasteiger partial charge is 0.356 e. The third-order valence-electron chi connectivity index (χ3n) is 3.20. The Kier molecular flexibility index (Phi) is 5.16. The molecule has 20 heavy (non-hydrogen) atoms. The third kappa shape index (κ3) is 3.18. The van der Waals surface area contributed by atoms with Crippen LogP contribution < -0.4 is 10.2 Å². The molecule has 108 valence electrons. The molecule has 4 nitrogen and oxygen atoms in total. The molecule has 2 rings (SSSR count). The van der Waals surface area contributed by atoms with Gasteiger partial charge in [0.15, 0.2) is 0 Å². The lowest BCUT2D eigenvalue weighted by atomic mass is 10.2. The van der Waals surface area contributed by atoms with Gasteiger partial charge in [-0.1, -0.05) is 26.0 Å². The average Bonchev–Trinajstić information content (AvgIpc) is 2.46. The summed E-state index contributed by atoms with van der Waals surface area (Å²) in [5.74, 6) is 1.77. The molecule has 0 spiro atoms. The van der Waals surface area contributed by atoms with E-state index in [-0.39, 0.29) is 0 Å². The third-order valence-corrected chi connectivity index (χ3v) is 3.20. The van der Waals surface area contributed by atoms with Crippen molar-refractivity contribution in [1.82, 2.24) is 9.97 Å². The zero-order chi connectivity index (χ0) is 14.4. The molecule has 0 aliphatic rings. The number of nitrogens with zero attached hydrogens (tertiary/aromatic N) is 3. The summed E-state index contributed by atoms with van der Waals surface area (Å²) in [5.41, 5.74) is 1.01. The molecule has 0 bridgehead atoms. The van der Waals surface area contributed by atoms with Crippen LogP contribution in [0.5, 0.6) is 0 Å². The predicted molar refractivity (Wildman–Crippen MR) is 86.5 cm³/mol. The van der Waals surface area contributed by atoms with Crippen molar-refractivity contribution in [1.29, 1.82) is 0 Å². The lowest BCUT2D eigenvalue weighted by Gasteiger charge is -2.24. The molecule has 1 N–H and O–H groups in total. The molecule has 1 aromatic carbocycles. The van der Waals surface area contributed by atoms with Crippen LogP contribution in [-0.4, -0.2) is 29.6 Å². The Bertz CT molecular complexity index is 547. The number of rotatable bonds is 7. The molecular formula is C16H24N4. The molecule has 0 aliphatic heterocycles. The summed E-state index contributed by atoms with van der Waals surface area (Å²) in [4.78, 5) is 11.7. The van der Waals surface area contributed by atoms with Crippen molar-refractivity contribution < 1.29 is 0 Å². The Morgan fingerprint density at radius 1 is 1.00 bits per heavy atom. The number of para-hydroxylation sites is 1. The van der Waals surface area contributed by atoms with Crippen molar-refractivity contribution in [2.75, 3.05) is 29.9 Å². The zero-order valence-corrected chi connectivity index (χ0v) is 12.7. The van der Waals surface area contributed by atoms with Gasteiger partial charge in [0, 0.05) is 25.0 Å². The molecule has 0 unspecified atom stereocenters. The number of aromatic nitrogens is 2. The van der Waals surface area contributed by atoms with Crippen LogP contribution in [0, 0.1) is 0 Å². The fraction of sp³-hybridized carbons (Fsp3) is 0.500. The highest BCUT2D eigenvalue weighted by molar-refractivity contribution is 5.90. The van der Waals surface area contributed by atoms with Crippen LogP contribution in [0.2, 0.25) is 0 Å². The first kappa shape index (κ1) is 14.6. The number of hydrogen-bond acceptors (Lipinski definition) is 4. The highest BCUT2D eigenvalue weighted by Crippen LogP contribution is 2.25. The summed E-state index contributed by atoms with van der Waals surface area (Å²) >= 11 is 0. The van der Waals surface area contributed by atoms with Gasteiger partial charge < -0.3 is 10.2 Å². The number of anilines is 2. The zero-order valence-electron chi connectivity index (χ0n) is 12.7. The molecule has 2 aromatic rings. The first-order valence-corrected chi connectivity index (χ1v) is 7.55. The molecular weight excluding hydrogens is 248 g/mol. The highest BCUT2D eigenvalue weighted by atomic mass is 15.2. The smallest absolute Gasteiger partial charge is 0.225 e. The fourth-order valence-corrected chi connectivity index (χ4v) is 2.40. The molecule has 0 radical (unpaired) electrons. The van der Waals surface area contributed by atoms with Crippen molar-refractivity contribution in [3.8, 4) is 0 Å². The van der Waals surface area contributed by atoms with E-state index in [1.807, 2.05) is 6.07 Å². The summed E-state index contributed by atoms with van der Waals surface area (Å²) < 4.78 is 0. The number of benzene rings is 1. The van der Waals surface area contributed by atoms with E-state index in [0.29, 0.717) is 0 Å². The van der Waals surface area contributed by atoms with Crippen LogP contribution >= 0.6 is 0 Å². The van der Waals surface area contributed by atoms with Crippen molar-refractivity contribution in [3.05, 3.63) is 24.3 Å². The topological polar surface area (TPSA) is 41.1 Å². The fourth-order valence-electron chi connectivity index (χ4n) is 2.40. The molecule has 1 aromatic heterocycles. The summed E-state index contributed by atoms with van der Waals surface area (Å²) in [7, 11) is 0. The summed E-state index contributed by atoms with van der Waals surface area (Å²) in [6, 6.07) is 8.24. The standard InChI is InChI=1S/C16H24N4/c1-4-11-20(12-5-2)15-13-9-7-8-10-14(13)18-16(19-15)17-6-3/h7-10H,4-6,11-12H2,1-3H3,(H,17,18,19). The SMILES string of the molecule is CCCN(CCC)c1nc(NCC)nc2ccccc12. The van der Waals surface area contributed by atoms with Gasteiger partial charge in [-0.2, -0.15) is 4.98 Å². The molecule has 0 aliphatic carbocycles. The first-order valence-electron chi connectivity index (χ1n) is 7.55. The Balaban J connectivity index is 2.52. The molecule has 1 heterocycles. The van der Waals surface area contributed by atoms with E-state index in [2.05, 4.69) is 54.2 Å². The van der Waals surface area contributed by atoms with Gasteiger partial charge >= 0.3 is 0 Å². The minimum Gasteiger partial charge on any atom is -0.356 e. The Labute approximate surface area is 121 Å². The Hall–Kier alpha value is -1.84. The lowest BCUT2D eigenvalue weighted by molar-refractivity contribution is 0.736. The van der Waals surface area contributed by atoms with E-state index in [1.165, 1.54) is 0 Å². The predicted octanol–water partition coefficient (Wildman–Crippen LogP) is 3.69.